The molecule has 0 saturated carbocycles. The first kappa shape index (κ1) is 18.6. The van der Waals surface area contributed by atoms with Gasteiger partial charge in [-0.05, 0) is 32.0 Å². The van der Waals surface area contributed by atoms with Gasteiger partial charge < -0.3 is 9.47 Å². The van der Waals surface area contributed by atoms with Gasteiger partial charge in [-0.1, -0.05) is 0 Å². The Morgan fingerprint density at radius 3 is 2.30 bits per heavy atom. The smallest absolute Gasteiger partial charge is 0.265 e. The maximum atomic E-state index is 12.7. The number of aryl methyl sites for hydroxylation is 2. The van der Waals surface area contributed by atoms with Gasteiger partial charge in [0, 0.05) is 11.8 Å². The zero-order valence-electron chi connectivity index (χ0n) is 15.3. The third kappa shape index (κ3) is 3.85. The predicted octanol–water partition coefficient (Wildman–Crippen LogP) is 2.10. The Labute approximate surface area is 157 Å². The summed E-state index contributed by atoms with van der Waals surface area (Å²) in [6.07, 6.45) is 2.76. The quantitative estimate of drug-likeness (QED) is 0.688. The minimum absolute atomic E-state index is 0.0491. The molecule has 9 nitrogen and oxygen atoms in total. The van der Waals surface area contributed by atoms with Crippen molar-refractivity contribution in [1.82, 2.24) is 19.7 Å². The number of rotatable bonds is 6. The van der Waals surface area contributed by atoms with E-state index in [9.17, 15) is 8.42 Å². The molecule has 142 valence electrons. The largest absolute Gasteiger partial charge is 0.497 e. The fraction of sp³-hybridized carbons (Fsp3) is 0.235. The number of aromatic nitrogens is 4. The summed E-state index contributed by atoms with van der Waals surface area (Å²) in [6.45, 7) is 3.75. The first-order chi connectivity index (χ1) is 12.8. The van der Waals surface area contributed by atoms with E-state index < -0.39 is 10.0 Å². The molecular formula is C17H19N5O4S. The van der Waals surface area contributed by atoms with E-state index in [4.69, 9.17) is 9.47 Å². The first-order valence-electron chi connectivity index (χ1n) is 7.94. The number of hydrogen-bond acceptors (Lipinski definition) is 7. The molecule has 0 aliphatic heterocycles. The Morgan fingerprint density at radius 2 is 1.74 bits per heavy atom. The zero-order valence-corrected chi connectivity index (χ0v) is 16.1. The Hall–Kier alpha value is -3.14. The van der Waals surface area contributed by atoms with Crippen molar-refractivity contribution in [2.75, 3.05) is 18.9 Å². The van der Waals surface area contributed by atoms with Crippen LogP contribution in [0.25, 0.3) is 5.95 Å². The molecule has 27 heavy (non-hydrogen) atoms. The number of hydrogen-bond donors (Lipinski definition) is 1. The highest BCUT2D eigenvalue weighted by molar-refractivity contribution is 7.92. The van der Waals surface area contributed by atoms with Crippen molar-refractivity contribution in [3.8, 4) is 17.4 Å². The molecule has 0 spiro atoms. The van der Waals surface area contributed by atoms with Crippen LogP contribution in [-0.2, 0) is 10.0 Å². The molecule has 3 aromatic rings. The van der Waals surface area contributed by atoms with Gasteiger partial charge in [-0.3, -0.25) is 4.72 Å². The summed E-state index contributed by atoms with van der Waals surface area (Å²) in [5.41, 5.74) is 1.93. The number of nitrogens with zero attached hydrogens (tertiary/aromatic N) is 4. The van der Waals surface area contributed by atoms with Gasteiger partial charge in [0.2, 0.25) is 0 Å². The van der Waals surface area contributed by atoms with E-state index in [0.717, 1.165) is 11.4 Å². The Morgan fingerprint density at radius 1 is 1.04 bits per heavy atom. The van der Waals surface area contributed by atoms with Gasteiger partial charge in [-0.25, -0.2) is 23.1 Å². The third-order valence-corrected chi connectivity index (χ3v) is 5.15. The zero-order chi connectivity index (χ0) is 19.6. The van der Waals surface area contributed by atoms with Crippen LogP contribution >= 0.6 is 0 Å². The molecule has 0 atom stereocenters. The number of sulfonamides is 1. The van der Waals surface area contributed by atoms with Crippen LogP contribution in [0.2, 0.25) is 0 Å². The molecule has 3 rings (SSSR count). The summed E-state index contributed by atoms with van der Waals surface area (Å²) in [5, 5.41) is 4.30. The maximum Gasteiger partial charge on any atom is 0.265 e. The summed E-state index contributed by atoms with van der Waals surface area (Å²) >= 11 is 0. The molecule has 0 aliphatic rings. The predicted molar refractivity (Wildman–Crippen MR) is 99.0 cm³/mol. The van der Waals surface area contributed by atoms with Gasteiger partial charge in [-0.15, -0.1) is 0 Å². The van der Waals surface area contributed by atoms with Crippen molar-refractivity contribution in [2.24, 2.45) is 0 Å². The molecule has 0 unspecified atom stereocenters. The van der Waals surface area contributed by atoms with Crippen LogP contribution in [0.4, 0.5) is 5.69 Å². The fourth-order valence-corrected chi connectivity index (χ4v) is 3.73. The van der Waals surface area contributed by atoms with Gasteiger partial charge >= 0.3 is 0 Å². The molecule has 1 aromatic carbocycles. The Balaban J connectivity index is 1.89. The number of methoxy groups -OCH3 is 2. The molecule has 0 saturated heterocycles. The molecule has 0 aliphatic carbocycles. The second-order valence-corrected chi connectivity index (χ2v) is 7.38. The van der Waals surface area contributed by atoms with E-state index in [-0.39, 0.29) is 16.3 Å². The molecule has 2 aromatic heterocycles. The average Bonchev–Trinajstić information content (AvgIpc) is 2.99. The Kier molecular flexibility index (Phi) is 5.00. The van der Waals surface area contributed by atoms with E-state index >= 15 is 0 Å². The number of anilines is 1. The van der Waals surface area contributed by atoms with Crippen molar-refractivity contribution in [3.05, 3.63) is 48.0 Å². The maximum absolute atomic E-state index is 12.7. The van der Waals surface area contributed by atoms with Crippen molar-refractivity contribution in [1.29, 1.82) is 0 Å². The van der Waals surface area contributed by atoms with Crippen LogP contribution in [-0.4, -0.2) is 42.4 Å². The first-order valence-corrected chi connectivity index (χ1v) is 9.43. The van der Waals surface area contributed by atoms with Crippen molar-refractivity contribution in [2.45, 2.75) is 18.7 Å². The lowest BCUT2D eigenvalue weighted by molar-refractivity contribution is 0.392. The third-order valence-electron chi connectivity index (χ3n) is 3.75. The summed E-state index contributed by atoms with van der Waals surface area (Å²) < 4.78 is 39.7. The van der Waals surface area contributed by atoms with Crippen LogP contribution in [0, 0.1) is 13.8 Å². The Bertz CT molecular complexity index is 1060. The molecule has 10 heteroatoms. The summed E-state index contributed by atoms with van der Waals surface area (Å²) in [6, 6.07) is 6.42. The highest BCUT2D eigenvalue weighted by Crippen LogP contribution is 2.29. The normalized spacial score (nSPS) is 11.3. The van der Waals surface area contributed by atoms with E-state index in [0.29, 0.717) is 11.7 Å². The lowest BCUT2D eigenvalue weighted by Crippen LogP contribution is -2.15. The van der Waals surface area contributed by atoms with Gasteiger partial charge in [0.1, 0.15) is 16.4 Å². The van der Waals surface area contributed by atoms with E-state index in [2.05, 4.69) is 19.8 Å². The van der Waals surface area contributed by atoms with Gasteiger partial charge in [0.25, 0.3) is 16.0 Å². The second kappa shape index (κ2) is 7.23. The summed E-state index contributed by atoms with van der Waals surface area (Å²) in [4.78, 5) is 8.32. The van der Waals surface area contributed by atoms with Gasteiger partial charge in [0.15, 0.2) is 0 Å². The highest BCUT2D eigenvalue weighted by Gasteiger charge is 2.21. The monoisotopic (exact) mass is 389 g/mol. The molecule has 0 amide bonds. The van der Waals surface area contributed by atoms with Crippen molar-refractivity contribution >= 4 is 15.7 Å². The summed E-state index contributed by atoms with van der Waals surface area (Å²) in [7, 11) is -1.08. The molecule has 0 radical (unpaired) electrons. The van der Waals surface area contributed by atoms with E-state index in [1.807, 2.05) is 19.9 Å². The molecule has 0 fully saturated rings. The minimum atomic E-state index is -3.93. The molecular weight excluding hydrogens is 370 g/mol. The van der Waals surface area contributed by atoms with Crippen LogP contribution < -0.4 is 14.2 Å². The van der Waals surface area contributed by atoms with E-state index in [1.165, 1.54) is 38.7 Å². The van der Waals surface area contributed by atoms with Crippen molar-refractivity contribution < 1.29 is 17.9 Å². The minimum Gasteiger partial charge on any atom is -0.497 e. The molecule has 0 bridgehead atoms. The summed E-state index contributed by atoms with van der Waals surface area (Å²) in [5.74, 6) is 0.943. The standard InChI is InChI=1S/C17H19N5O4S/c1-11-7-12(2)22(20-11)17-18-9-13(10-19-17)21-27(23,24)16-8-14(25-3)5-6-15(16)26-4/h5-10,21H,1-4H3. The second-order valence-electron chi connectivity index (χ2n) is 5.73. The fourth-order valence-electron chi connectivity index (χ4n) is 2.52. The molecule has 1 N–H and O–H groups in total. The number of nitrogens with one attached hydrogen (secondary N) is 1. The topological polar surface area (TPSA) is 108 Å². The van der Waals surface area contributed by atoms with Crippen LogP contribution in [0.3, 0.4) is 0 Å². The molecule has 2 heterocycles. The van der Waals surface area contributed by atoms with Gasteiger partial charge in [0.05, 0.1) is 38.0 Å². The average molecular weight is 389 g/mol. The SMILES string of the molecule is COc1ccc(OC)c(S(=O)(=O)Nc2cnc(-n3nc(C)cc3C)nc2)c1. The number of ether oxygens (including phenoxy) is 2. The number of benzene rings is 1. The van der Waals surface area contributed by atoms with Crippen LogP contribution in [0.1, 0.15) is 11.4 Å². The van der Waals surface area contributed by atoms with E-state index in [1.54, 1.807) is 10.7 Å². The lowest BCUT2D eigenvalue weighted by atomic mass is 10.3. The van der Waals surface area contributed by atoms with Crippen molar-refractivity contribution in [3.63, 3.8) is 0 Å². The van der Waals surface area contributed by atoms with Crippen LogP contribution in [0.5, 0.6) is 11.5 Å². The highest BCUT2D eigenvalue weighted by atomic mass is 32.2. The van der Waals surface area contributed by atoms with Gasteiger partial charge in [-0.2, -0.15) is 5.10 Å². The lowest BCUT2D eigenvalue weighted by Gasteiger charge is -2.12. The van der Waals surface area contributed by atoms with Crippen LogP contribution in [0.15, 0.2) is 41.6 Å².